The van der Waals surface area contributed by atoms with Gasteiger partial charge in [-0.25, -0.2) is 13.4 Å². The molecule has 1 aromatic heterocycles. The molecule has 2 aromatic rings. The summed E-state index contributed by atoms with van der Waals surface area (Å²) < 4.78 is 33.3. The summed E-state index contributed by atoms with van der Waals surface area (Å²) in [5.74, 6) is 0.598. The Bertz CT molecular complexity index is 942. The summed E-state index contributed by atoms with van der Waals surface area (Å²) in [6.45, 7) is 3.02. The van der Waals surface area contributed by atoms with Crippen LogP contribution in [0.2, 0.25) is 5.02 Å². The van der Waals surface area contributed by atoms with E-state index in [4.69, 9.17) is 22.1 Å². The summed E-state index contributed by atoms with van der Waals surface area (Å²) >= 11 is 7.82. The molecular formula is C16H18ClN3O3S2. The summed E-state index contributed by atoms with van der Waals surface area (Å²) in [6, 6.07) is 3.16. The molecule has 9 heteroatoms. The maximum Gasteiger partial charge on any atom is 0.243 e. The van der Waals surface area contributed by atoms with Crippen LogP contribution in [0.5, 0.6) is 5.75 Å². The minimum absolute atomic E-state index is 0.00712. The molecule has 4 rings (SSSR count). The van der Waals surface area contributed by atoms with Crippen LogP contribution in [0.1, 0.15) is 28.1 Å². The lowest BCUT2D eigenvalue weighted by atomic mass is 10.1. The first-order valence-electron chi connectivity index (χ1n) is 8.05. The van der Waals surface area contributed by atoms with Gasteiger partial charge in [-0.05, 0) is 25.5 Å². The minimum atomic E-state index is -3.64. The van der Waals surface area contributed by atoms with Gasteiger partial charge < -0.3 is 10.5 Å². The van der Waals surface area contributed by atoms with E-state index in [1.165, 1.54) is 10.4 Å². The van der Waals surface area contributed by atoms with Gasteiger partial charge in [0.05, 0.1) is 22.2 Å². The molecule has 2 aliphatic rings. The van der Waals surface area contributed by atoms with Crippen molar-refractivity contribution in [3.05, 3.63) is 38.3 Å². The van der Waals surface area contributed by atoms with Crippen LogP contribution in [0, 0.1) is 0 Å². The van der Waals surface area contributed by atoms with Crippen molar-refractivity contribution in [3.8, 4) is 5.75 Å². The Morgan fingerprint density at radius 2 is 2.28 bits per heavy atom. The normalized spacial score (nSPS) is 20.2. The molecule has 134 valence electrons. The third-order valence-electron chi connectivity index (χ3n) is 4.47. The summed E-state index contributed by atoms with van der Waals surface area (Å²) in [7, 11) is -3.64. The van der Waals surface area contributed by atoms with Crippen LogP contribution in [0.4, 0.5) is 0 Å². The molecule has 1 unspecified atom stereocenters. The van der Waals surface area contributed by atoms with E-state index in [0.717, 1.165) is 21.1 Å². The molecule has 0 fully saturated rings. The fourth-order valence-electron chi connectivity index (χ4n) is 3.28. The molecule has 0 amide bonds. The van der Waals surface area contributed by atoms with Crippen LogP contribution in [-0.4, -0.2) is 30.4 Å². The van der Waals surface area contributed by atoms with Crippen molar-refractivity contribution >= 4 is 33.0 Å². The summed E-state index contributed by atoms with van der Waals surface area (Å²) in [4.78, 5) is 5.79. The third-order valence-corrected chi connectivity index (χ3v) is 7.75. The number of sulfonamides is 1. The molecular weight excluding hydrogens is 382 g/mol. The minimum Gasteiger partial charge on any atom is -0.489 e. The lowest BCUT2D eigenvalue weighted by molar-refractivity contribution is 0.255. The van der Waals surface area contributed by atoms with Crippen molar-refractivity contribution in [2.24, 2.45) is 5.73 Å². The second-order valence-electron chi connectivity index (χ2n) is 6.30. The van der Waals surface area contributed by atoms with Crippen molar-refractivity contribution in [2.75, 3.05) is 6.54 Å². The zero-order valence-electron chi connectivity index (χ0n) is 13.7. The number of ether oxygens (including phenoxy) is 1. The first-order valence-corrected chi connectivity index (χ1v) is 10.7. The molecule has 0 saturated carbocycles. The van der Waals surface area contributed by atoms with E-state index < -0.39 is 10.0 Å². The van der Waals surface area contributed by atoms with Crippen LogP contribution >= 0.6 is 22.9 Å². The molecule has 0 radical (unpaired) electrons. The molecule has 0 bridgehead atoms. The molecule has 0 saturated heterocycles. The molecule has 2 aliphatic heterocycles. The van der Waals surface area contributed by atoms with Crippen molar-refractivity contribution in [2.45, 2.75) is 43.9 Å². The van der Waals surface area contributed by atoms with Crippen molar-refractivity contribution in [1.82, 2.24) is 9.29 Å². The van der Waals surface area contributed by atoms with Gasteiger partial charge in [0, 0.05) is 30.0 Å². The Hall–Kier alpha value is -1.19. The summed E-state index contributed by atoms with van der Waals surface area (Å²) in [5, 5.41) is 1.19. The Morgan fingerprint density at radius 1 is 1.48 bits per heavy atom. The highest BCUT2D eigenvalue weighted by atomic mass is 35.5. The summed E-state index contributed by atoms with van der Waals surface area (Å²) in [6.07, 6.45) is 1.33. The SMILES string of the molecule is CC1Cc2cc(S(=O)(=O)N3CCc4sc(CN)nc4C3)cc(Cl)c2O1. The van der Waals surface area contributed by atoms with Gasteiger partial charge in [-0.15, -0.1) is 11.3 Å². The number of benzene rings is 1. The van der Waals surface area contributed by atoms with E-state index in [2.05, 4.69) is 4.98 Å². The monoisotopic (exact) mass is 399 g/mol. The van der Waals surface area contributed by atoms with Crippen LogP contribution in [0.25, 0.3) is 0 Å². The molecule has 3 heterocycles. The fraction of sp³-hybridized carbons (Fsp3) is 0.438. The van der Waals surface area contributed by atoms with Crippen LogP contribution in [-0.2, 0) is 36.0 Å². The van der Waals surface area contributed by atoms with E-state index in [0.29, 0.717) is 36.7 Å². The van der Waals surface area contributed by atoms with Crippen molar-refractivity contribution in [3.63, 3.8) is 0 Å². The lowest BCUT2D eigenvalue weighted by Gasteiger charge is -2.25. The number of nitrogens with zero attached hydrogens (tertiary/aromatic N) is 2. The Balaban J connectivity index is 1.67. The zero-order valence-corrected chi connectivity index (χ0v) is 16.0. The Kier molecular flexibility index (Phi) is 4.28. The Labute approximate surface area is 155 Å². The second-order valence-corrected chi connectivity index (χ2v) is 9.81. The smallest absolute Gasteiger partial charge is 0.243 e. The summed E-state index contributed by atoms with van der Waals surface area (Å²) in [5.41, 5.74) is 7.30. The van der Waals surface area contributed by atoms with Gasteiger partial charge in [0.1, 0.15) is 16.9 Å². The number of aromatic nitrogens is 1. The number of rotatable bonds is 3. The largest absolute Gasteiger partial charge is 0.489 e. The predicted molar refractivity (Wildman–Crippen MR) is 96.6 cm³/mol. The topological polar surface area (TPSA) is 85.5 Å². The molecule has 0 aliphatic carbocycles. The highest BCUT2D eigenvalue weighted by Crippen LogP contribution is 2.39. The number of hydrogen-bond acceptors (Lipinski definition) is 6. The third kappa shape index (κ3) is 2.96. The van der Waals surface area contributed by atoms with Crippen LogP contribution in [0.3, 0.4) is 0 Å². The molecule has 0 spiro atoms. The average Bonchev–Trinajstić information content (AvgIpc) is 3.16. The lowest BCUT2D eigenvalue weighted by Crippen LogP contribution is -2.35. The number of thiazole rings is 1. The highest BCUT2D eigenvalue weighted by Gasteiger charge is 2.32. The van der Waals surface area contributed by atoms with Gasteiger partial charge >= 0.3 is 0 Å². The maximum absolute atomic E-state index is 13.1. The van der Waals surface area contributed by atoms with Crippen LogP contribution < -0.4 is 10.5 Å². The quantitative estimate of drug-likeness (QED) is 0.856. The van der Waals surface area contributed by atoms with Gasteiger partial charge in [0.15, 0.2) is 0 Å². The van der Waals surface area contributed by atoms with Gasteiger partial charge in [-0.1, -0.05) is 11.6 Å². The van der Waals surface area contributed by atoms with Crippen molar-refractivity contribution < 1.29 is 13.2 Å². The molecule has 1 atom stereocenters. The average molecular weight is 400 g/mol. The van der Waals surface area contributed by atoms with E-state index >= 15 is 0 Å². The number of halogens is 1. The predicted octanol–water partition coefficient (Wildman–Crippen LogP) is 2.33. The molecule has 2 N–H and O–H groups in total. The van der Waals surface area contributed by atoms with Gasteiger partial charge in [-0.2, -0.15) is 4.31 Å². The second kappa shape index (κ2) is 6.21. The van der Waals surface area contributed by atoms with Gasteiger partial charge in [-0.3, -0.25) is 0 Å². The van der Waals surface area contributed by atoms with E-state index in [9.17, 15) is 8.42 Å². The van der Waals surface area contributed by atoms with Crippen LogP contribution in [0.15, 0.2) is 17.0 Å². The highest BCUT2D eigenvalue weighted by molar-refractivity contribution is 7.89. The van der Waals surface area contributed by atoms with Gasteiger partial charge in [0.25, 0.3) is 0 Å². The van der Waals surface area contributed by atoms with E-state index in [1.807, 2.05) is 6.92 Å². The first-order chi connectivity index (χ1) is 11.9. The molecule has 1 aromatic carbocycles. The fourth-order valence-corrected chi connectivity index (χ4v) is 6.05. The van der Waals surface area contributed by atoms with E-state index in [-0.39, 0.29) is 17.5 Å². The standard InChI is InChI=1S/C16H18ClN3O3S2/c1-9-4-10-5-11(6-12(17)16(10)23-9)25(21,22)20-3-2-14-13(8-20)19-15(7-18)24-14/h5-6,9H,2-4,7-8,18H2,1H3. The van der Waals surface area contributed by atoms with E-state index in [1.54, 1.807) is 17.4 Å². The first kappa shape index (κ1) is 17.2. The number of nitrogens with two attached hydrogens (primary N) is 1. The Morgan fingerprint density at radius 3 is 3.04 bits per heavy atom. The number of hydrogen-bond donors (Lipinski definition) is 1. The number of fused-ring (bicyclic) bond motifs is 2. The zero-order chi connectivity index (χ0) is 17.8. The van der Waals surface area contributed by atoms with Crippen molar-refractivity contribution in [1.29, 1.82) is 0 Å². The maximum atomic E-state index is 13.1. The molecule has 6 nitrogen and oxygen atoms in total. The molecule has 25 heavy (non-hydrogen) atoms. The van der Waals surface area contributed by atoms with Gasteiger partial charge in [0.2, 0.25) is 10.0 Å².